The molecule has 1 aromatic carbocycles. The third-order valence-electron chi connectivity index (χ3n) is 3.28. The highest BCUT2D eigenvalue weighted by Crippen LogP contribution is 2.35. The van der Waals surface area contributed by atoms with E-state index in [0.717, 1.165) is 23.7 Å². The lowest BCUT2D eigenvalue weighted by Gasteiger charge is -2.18. The van der Waals surface area contributed by atoms with E-state index in [9.17, 15) is 4.79 Å². The molecule has 4 nitrogen and oxygen atoms in total. The van der Waals surface area contributed by atoms with Crippen LogP contribution in [0.1, 0.15) is 26.2 Å². The van der Waals surface area contributed by atoms with Crippen molar-refractivity contribution >= 4 is 17.5 Å². The van der Waals surface area contributed by atoms with Gasteiger partial charge in [-0.05, 0) is 43.4 Å². The largest absolute Gasteiger partial charge is 0.453 e. The van der Waals surface area contributed by atoms with Gasteiger partial charge in [0.05, 0.1) is 7.11 Å². The summed E-state index contributed by atoms with van der Waals surface area (Å²) in [5.41, 5.74) is 1.79. The molecule has 0 aromatic heterocycles. The van der Waals surface area contributed by atoms with Crippen molar-refractivity contribution in [1.29, 1.82) is 0 Å². The van der Waals surface area contributed by atoms with Crippen LogP contribution in [0.25, 0.3) is 0 Å². The van der Waals surface area contributed by atoms with E-state index < -0.39 is 6.09 Å². The maximum absolute atomic E-state index is 11.1. The molecule has 98 valence electrons. The maximum atomic E-state index is 11.1. The Balaban J connectivity index is 1.99. The molecule has 18 heavy (non-hydrogen) atoms. The van der Waals surface area contributed by atoms with Gasteiger partial charge in [-0.15, -0.1) is 0 Å². The van der Waals surface area contributed by atoms with Crippen LogP contribution in [0.4, 0.5) is 16.2 Å². The van der Waals surface area contributed by atoms with E-state index >= 15 is 0 Å². The predicted molar refractivity (Wildman–Crippen MR) is 72.9 cm³/mol. The van der Waals surface area contributed by atoms with E-state index in [1.54, 1.807) is 0 Å². The smallest absolute Gasteiger partial charge is 0.411 e. The van der Waals surface area contributed by atoms with E-state index in [2.05, 4.69) is 22.3 Å². The first-order chi connectivity index (χ1) is 8.72. The number of carbonyl (C=O) groups excluding carboxylic acids is 1. The van der Waals surface area contributed by atoms with Crippen molar-refractivity contribution in [1.82, 2.24) is 0 Å². The fourth-order valence-corrected chi connectivity index (χ4v) is 2.12. The molecule has 2 rings (SSSR count). The molecule has 0 spiro atoms. The summed E-state index contributed by atoms with van der Waals surface area (Å²) in [5.74, 6) is 0.812. The Hall–Kier alpha value is -1.71. The summed E-state index contributed by atoms with van der Waals surface area (Å²) in [7, 11) is 1.36. The molecular formula is C14H20N2O2. The monoisotopic (exact) mass is 248 g/mol. The molecular weight excluding hydrogens is 228 g/mol. The summed E-state index contributed by atoms with van der Waals surface area (Å²) in [4.78, 5) is 11.1. The third kappa shape index (κ3) is 3.39. The van der Waals surface area contributed by atoms with Crippen LogP contribution in [0.15, 0.2) is 24.3 Å². The lowest BCUT2D eigenvalue weighted by Crippen LogP contribution is -2.20. The lowest BCUT2D eigenvalue weighted by atomic mass is 10.1. The zero-order valence-corrected chi connectivity index (χ0v) is 10.9. The Bertz CT molecular complexity index is 416. The first-order valence-electron chi connectivity index (χ1n) is 6.44. The molecule has 1 atom stereocenters. The van der Waals surface area contributed by atoms with Gasteiger partial charge in [0.2, 0.25) is 0 Å². The van der Waals surface area contributed by atoms with Crippen molar-refractivity contribution in [2.24, 2.45) is 5.92 Å². The molecule has 0 heterocycles. The van der Waals surface area contributed by atoms with Crippen LogP contribution in [0, 0.1) is 5.92 Å². The number of amides is 1. The van der Waals surface area contributed by atoms with Crippen LogP contribution >= 0.6 is 0 Å². The molecule has 0 aliphatic heterocycles. The van der Waals surface area contributed by atoms with Crippen molar-refractivity contribution < 1.29 is 9.53 Å². The van der Waals surface area contributed by atoms with Gasteiger partial charge in [0.25, 0.3) is 0 Å². The topological polar surface area (TPSA) is 50.4 Å². The molecule has 1 unspecified atom stereocenters. The molecule has 4 heteroatoms. The van der Waals surface area contributed by atoms with Crippen LogP contribution in [-0.4, -0.2) is 19.2 Å². The van der Waals surface area contributed by atoms with Gasteiger partial charge >= 0.3 is 6.09 Å². The number of benzene rings is 1. The zero-order valence-electron chi connectivity index (χ0n) is 10.9. The Morgan fingerprint density at radius 1 is 1.44 bits per heavy atom. The molecule has 1 fully saturated rings. The van der Waals surface area contributed by atoms with Crippen molar-refractivity contribution in [3.63, 3.8) is 0 Å². The highest BCUT2D eigenvalue weighted by atomic mass is 16.5. The Morgan fingerprint density at radius 3 is 2.78 bits per heavy atom. The van der Waals surface area contributed by atoms with Crippen LogP contribution < -0.4 is 10.6 Å². The number of nitrogens with one attached hydrogen (secondary N) is 2. The van der Waals surface area contributed by atoms with E-state index in [0.29, 0.717) is 6.04 Å². The van der Waals surface area contributed by atoms with Crippen molar-refractivity contribution in [2.45, 2.75) is 32.2 Å². The summed E-state index contributed by atoms with van der Waals surface area (Å²) in [6.07, 6.45) is 3.33. The lowest BCUT2D eigenvalue weighted by molar-refractivity contribution is 0.187. The van der Waals surface area contributed by atoms with Crippen molar-refractivity contribution in [3.8, 4) is 0 Å². The number of hydrogen-bond donors (Lipinski definition) is 2. The highest BCUT2D eigenvalue weighted by molar-refractivity contribution is 5.85. The van der Waals surface area contributed by atoms with Crippen LogP contribution in [-0.2, 0) is 4.74 Å². The summed E-state index contributed by atoms with van der Waals surface area (Å²) in [6.45, 7) is 2.20. The van der Waals surface area contributed by atoms with Gasteiger partial charge in [-0.3, -0.25) is 5.32 Å². The molecule has 1 aromatic rings. The molecule has 0 radical (unpaired) electrons. The number of rotatable bonds is 5. The fraction of sp³-hybridized carbons (Fsp3) is 0.500. The Kier molecular flexibility index (Phi) is 4.07. The third-order valence-corrected chi connectivity index (χ3v) is 3.28. The van der Waals surface area contributed by atoms with E-state index in [1.807, 2.05) is 24.3 Å². The van der Waals surface area contributed by atoms with Gasteiger partial charge in [-0.2, -0.15) is 0 Å². The summed E-state index contributed by atoms with van der Waals surface area (Å²) >= 11 is 0. The average Bonchev–Trinajstić information content (AvgIpc) is 3.20. The molecule has 1 aliphatic rings. The summed E-state index contributed by atoms with van der Waals surface area (Å²) < 4.78 is 4.57. The molecule has 1 saturated carbocycles. The Labute approximate surface area is 108 Å². The van der Waals surface area contributed by atoms with Crippen LogP contribution in [0.3, 0.4) is 0 Å². The second kappa shape index (κ2) is 5.76. The van der Waals surface area contributed by atoms with E-state index in [-0.39, 0.29) is 0 Å². The second-order valence-electron chi connectivity index (χ2n) is 4.69. The molecule has 1 aliphatic carbocycles. The number of hydrogen-bond acceptors (Lipinski definition) is 3. The summed E-state index contributed by atoms with van der Waals surface area (Å²) in [6, 6.07) is 8.27. The molecule has 1 amide bonds. The zero-order chi connectivity index (χ0) is 13.0. The molecule has 2 N–H and O–H groups in total. The van der Waals surface area contributed by atoms with Crippen molar-refractivity contribution in [2.75, 3.05) is 17.7 Å². The SMILES string of the molecule is CCC(Nc1cccc(NC(=O)OC)c1)C1CC1. The standard InChI is InChI=1S/C14H20N2O2/c1-3-13(10-7-8-10)15-11-5-4-6-12(9-11)16-14(17)18-2/h4-6,9-10,13,15H,3,7-8H2,1-2H3,(H,16,17). The number of carbonyl (C=O) groups is 1. The van der Waals surface area contributed by atoms with Crippen LogP contribution in [0.5, 0.6) is 0 Å². The number of methoxy groups -OCH3 is 1. The quantitative estimate of drug-likeness (QED) is 0.839. The number of ether oxygens (including phenoxy) is 1. The molecule has 0 saturated heterocycles. The minimum atomic E-state index is -0.443. The Morgan fingerprint density at radius 2 is 2.17 bits per heavy atom. The first kappa shape index (κ1) is 12.7. The van der Waals surface area contributed by atoms with Gasteiger partial charge in [0.1, 0.15) is 0 Å². The van der Waals surface area contributed by atoms with E-state index in [4.69, 9.17) is 0 Å². The number of anilines is 2. The van der Waals surface area contributed by atoms with Crippen LogP contribution in [0.2, 0.25) is 0 Å². The van der Waals surface area contributed by atoms with Crippen molar-refractivity contribution in [3.05, 3.63) is 24.3 Å². The minimum absolute atomic E-state index is 0.443. The first-order valence-corrected chi connectivity index (χ1v) is 6.44. The van der Waals surface area contributed by atoms with Gasteiger partial charge in [0, 0.05) is 17.4 Å². The second-order valence-corrected chi connectivity index (χ2v) is 4.69. The fourth-order valence-electron chi connectivity index (χ4n) is 2.12. The van der Waals surface area contributed by atoms with Gasteiger partial charge < -0.3 is 10.1 Å². The molecule has 0 bridgehead atoms. The average molecular weight is 248 g/mol. The minimum Gasteiger partial charge on any atom is -0.453 e. The summed E-state index contributed by atoms with van der Waals surface area (Å²) in [5, 5.41) is 6.20. The predicted octanol–water partition coefficient (Wildman–Crippen LogP) is 3.47. The van der Waals surface area contributed by atoms with E-state index in [1.165, 1.54) is 20.0 Å². The maximum Gasteiger partial charge on any atom is 0.411 e. The van der Waals surface area contributed by atoms with Gasteiger partial charge in [-0.25, -0.2) is 4.79 Å². The van der Waals surface area contributed by atoms with Gasteiger partial charge in [-0.1, -0.05) is 13.0 Å². The van der Waals surface area contributed by atoms with Gasteiger partial charge in [0.15, 0.2) is 0 Å². The highest BCUT2D eigenvalue weighted by Gasteiger charge is 2.29. The normalized spacial score (nSPS) is 15.9.